The Bertz CT molecular complexity index is 1100. The van der Waals surface area contributed by atoms with E-state index < -0.39 is 11.4 Å². The summed E-state index contributed by atoms with van der Waals surface area (Å²) < 4.78 is 17.2. The number of amides is 2. The lowest BCUT2D eigenvalue weighted by molar-refractivity contribution is -0.139. The summed E-state index contributed by atoms with van der Waals surface area (Å²) >= 11 is 4.57. The van der Waals surface area contributed by atoms with Gasteiger partial charge in [0.05, 0.1) is 6.42 Å². The minimum absolute atomic E-state index is 0.123. The SMILES string of the molecule is CN(C)C=N[S+]([O-])c1cc(NC(=O)Cc2ccccc2Cl)cc2c1CCN(C(=O)C1CCC1)C2. The maximum Gasteiger partial charge on any atom is 0.228 e. The second-order valence-electron chi connectivity index (χ2n) is 9.00. The Labute approximate surface area is 208 Å². The van der Waals surface area contributed by atoms with Crippen LogP contribution in [0.3, 0.4) is 0 Å². The van der Waals surface area contributed by atoms with Crippen LogP contribution in [0.4, 0.5) is 5.69 Å². The van der Waals surface area contributed by atoms with E-state index in [0.717, 1.165) is 36.0 Å². The Kier molecular flexibility index (Phi) is 7.80. The largest absolute Gasteiger partial charge is 0.586 e. The van der Waals surface area contributed by atoms with Crippen LogP contribution >= 0.6 is 11.6 Å². The highest BCUT2D eigenvalue weighted by Crippen LogP contribution is 2.34. The van der Waals surface area contributed by atoms with Crippen LogP contribution < -0.4 is 5.32 Å². The lowest BCUT2D eigenvalue weighted by Crippen LogP contribution is -2.42. The molecular formula is C25H29ClN4O3S. The monoisotopic (exact) mass is 500 g/mol. The summed E-state index contributed by atoms with van der Waals surface area (Å²) in [5, 5.41) is 3.45. The van der Waals surface area contributed by atoms with Gasteiger partial charge in [-0.15, -0.1) is 0 Å². The molecule has 0 aromatic heterocycles. The molecular weight excluding hydrogens is 472 g/mol. The average Bonchev–Trinajstić information content (AvgIpc) is 2.76. The molecule has 0 saturated heterocycles. The van der Waals surface area contributed by atoms with Crippen LogP contribution in [0.15, 0.2) is 45.7 Å². The van der Waals surface area contributed by atoms with Gasteiger partial charge in [0.2, 0.25) is 11.8 Å². The number of nitrogens with one attached hydrogen (secondary N) is 1. The van der Waals surface area contributed by atoms with Gasteiger partial charge in [-0.3, -0.25) is 9.59 Å². The van der Waals surface area contributed by atoms with Gasteiger partial charge >= 0.3 is 0 Å². The molecule has 1 heterocycles. The van der Waals surface area contributed by atoms with Crippen LogP contribution in [0.1, 0.15) is 36.0 Å². The van der Waals surface area contributed by atoms with Crippen molar-refractivity contribution in [3.63, 3.8) is 0 Å². The minimum Gasteiger partial charge on any atom is -0.586 e. The summed E-state index contributed by atoms with van der Waals surface area (Å²) in [6, 6.07) is 10.8. The Hall–Kier alpha value is -2.55. The zero-order chi connectivity index (χ0) is 24.2. The number of carbonyl (C=O) groups is 2. The van der Waals surface area contributed by atoms with Crippen molar-refractivity contribution >= 4 is 46.8 Å². The molecule has 1 aliphatic carbocycles. The van der Waals surface area contributed by atoms with Crippen molar-refractivity contribution in [2.45, 2.75) is 43.5 Å². The maximum absolute atomic E-state index is 13.0. The molecule has 0 bridgehead atoms. The molecule has 2 aromatic rings. The summed E-state index contributed by atoms with van der Waals surface area (Å²) in [7, 11) is 3.62. The van der Waals surface area contributed by atoms with Gasteiger partial charge in [0, 0.05) is 55.4 Å². The Morgan fingerprint density at radius 3 is 2.74 bits per heavy atom. The zero-order valence-electron chi connectivity index (χ0n) is 19.4. The fourth-order valence-electron chi connectivity index (χ4n) is 4.20. The molecule has 4 rings (SSSR count). The highest BCUT2D eigenvalue weighted by molar-refractivity contribution is 7.90. The van der Waals surface area contributed by atoms with Crippen molar-refractivity contribution in [2.75, 3.05) is 26.0 Å². The second kappa shape index (κ2) is 10.8. The third-order valence-corrected chi connectivity index (χ3v) is 7.61. The third-order valence-electron chi connectivity index (χ3n) is 6.21. The first-order valence-corrected chi connectivity index (χ1v) is 12.9. The molecule has 2 amide bonds. The molecule has 1 saturated carbocycles. The van der Waals surface area contributed by atoms with Gasteiger partial charge in [-0.25, -0.2) is 0 Å². The number of halogens is 1. The van der Waals surface area contributed by atoms with E-state index >= 15 is 0 Å². The standard InChI is InChI=1S/C25H29ClN4O3S/c1-29(2)16-27-34(33)23-14-20(28-24(31)13-18-6-3-4-9-22(18)26)12-19-15-30(11-10-21(19)23)25(32)17-7-5-8-17/h3-4,6,9,12,14,16-17H,5,7-8,10-11,13,15H2,1-2H3,(H,28,31). The van der Waals surface area contributed by atoms with Crippen LogP contribution in [0, 0.1) is 5.92 Å². The number of nitrogens with zero attached hydrogens (tertiary/aromatic N) is 3. The first kappa shape index (κ1) is 24.6. The number of rotatable bonds is 7. The summed E-state index contributed by atoms with van der Waals surface area (Å²) in [6.45, 7) is 1.04. The summed E-state index contributed by atoms with van der Waals surface area (Å²) in [5.74, 6) is 0.0940. The summed E-state index contributed by atoms with van der Waals surface area (Å²) in [4.78, 5) is 29.8. The molecule has 34 heavy (non-hydrogen) atoms. The Morgan fingerprint density at radius 2 is 2.06 bits per heavy atom. The lowest BCUT2D eigenvalue weighted by atomic mass is 9.83. The van der Waals surface area contributed by atoms with E-state index in [0.29, 0.717) is 35.1 Å². The highest BCUT2D eigenvalue weighted by Gasteiger charge is 2.33. The van der Waals surface area contributed by atoms with Crippen LogP contribution in [0.2, 0.25) is 5.02 Å². The third kappa shape index (κ3) is 5.74. The zero-order valence-corrected chi connectivity index (χ0v) is 21.0. The van der Waals surface area contributed by atoms with E-state index in [4.69, 9.17) is 11.6 Å². The lowest BCUT2D eigenvalue weighted by Gasteiger charge is -2.35. The van der Waals surface area contributed by atoms with E-state index in [-0.39, 0.29) is 24.2 Å². The van der Waals surface area contributed by atoms with Crippen molar-refractivity contribution in [1.82, 2.24) is 9.80 Å². The number of carbonyl (C=O) groups excluding carboxylic acids is 2. The van der Waals surface area contributed by atoms with E-state index in [1.807, 2.05) is 43.3 Å². The number of anilines is 1. The molecule has 2 aliphatic rings. The molecule has 2 aromatic carbocycles. The number of hydrogen-bond donors (Lipinski definition) is 1. The van der Waals surface area contributed by atoms with Gasteiger partial charge in [-0.05, 0) is 46.9 Å². The summed E-state index contributed by atoms with van der Waals surface area (Å²) in [5.41, 5.74) is 3.11. The quantitative estimate of drug-likeness (QED) is 0.355. The van der Waals surface area contributed by atoms with E-state index in [1.54, 1.807) is 17.0 Å². The normalized spacial score (nSPS) is 16.6. The van der Waals surface area contributed by atoms with Crippen LogP contribution in [0.25, 0.3) is 0 Å². The number of fused-ring (bicyclic) bond motifs is 1. The molecule has 180 valence electrons. The number of hydrogen-bond acceptors (Lipinski definition) is 4. The average molecular weight is 501 g/mol. The van der Waals surface area contributed by atoms with Crippen molar-refractivity contribution < 1.29 is 14.1 Å². The van der Waals surface area contributed by atoms with E-state index in [1.165, 1.54) is 6.34 Å². The Morgan fingerprint density at radius 1 is 1.29 bits per heavy atom. The van der Waals surface area contributed by atoms with Gasteiger partial charge < -0.3 is 19.7 Å². The number of benzene rings is 2. The topological polar surface area (TPSA) is 88.1 Å². The molecule has 0 radical (unpaired) electrons. The first-order chi connectivity index (χ1) is 16.3. The van der Waals surface area contributed by atoms with Gasteiger partial charge in [-0.1, -0.05) is 36.2 Å². The van der Waals surface area contributed by atoms with Crippen molar-refractivity contribution in [2.24, 2.45) is 10.3 Å². The predicted octanol–water partition coefficient (Wildman–Crippen LogP) is 3.82. The van der Waals surface area contributed by atoms with E-state index in [9.17, 15) is 14.1 Å². The molecule has 1 unspecified atom stereocenters. The van der Waals surface area contributed by atoms with Gasteiger partial charge in [0.1, 0.15) is 17.7 Å². The highest BCUT2D eigenvalue weighted by atomic mass is 35.5. The van der Waals surface area contributed by atoms with Crippen molar-refractivity contribution in [1.29, 1.82) is 0 Å². The van der Waals surface area contributed by atoms with Crippen LogP contribution in [0.5, 0.6) is 0 Å². The van der Waals surface area contributed by atoms with Gasteiger partial charge in [-0.2, -0.15) is 0 Å². The Balaban J connectivity index is 1.59. The smallest absolute Gasteiger partial charge is 0.228 e. The minimum atomic E-state index is -1.63. The fourth-order valence-corrected chi connectivity index (χ4v) is 5.46. The van der Waals surface area contributed by atoms with Crippen LogP contribution in [-0.2, 0) is 40.3 Å². The van der Waals surface area contributed by atoms with Crippen molar-refractivity contribution in [3.05, 3.63) is 58.1 Å². The molecule has 1 N–H and O–H groups in total. The molecule has 1 fully saturated rings. The van der Waals surface area contributed by atoms with Crippen molar-refractivity contribution in [3.8, 4) is 0 Å². The van der Waals surface area contributed by atoms with Gasteiger partial charge in [0.25, 0.3) is 0 Å². The molecule has 0 spiro atoms. The predicted molar refractivity (Wildman–Crippen MR) is 135 cm³/mol. The second-order valence-corrected chi connectivity index (χ2v) is 10.6. The first-order valence-electron chi connectivity index (χ1n) is 11.4. The molecule has 1 aliphatic heterocycles. The van der Waals surface area contributed by atoms with E-state index in [2.05, 4.69) is 9.71 Å². The summed E-state index contributed by atoms with van der Waals surface area (Å²) in [6.07, 6.45) is 5.26. The van der Waals surface area contributed by atoms with Gasteiger partial charge in [0.15, 0.2) is 4.90 Å². The maximum atomic E-state index is 13.0. The molecule has 7 nitrogen and oxygen atoms in total. The van der Waals surface area contributed by atoms with Crippen LogP contribution in [-0.4, -0.2) is 53.1 Å². The molecule has 1 atom stereocenters. The fraction of sp³-hybridized carbons (Fsp3) is 0.400. The molecule has 9 heteroatoms.